The normalized spacial score (nSPS) is 10.9. The molecule has 82 valence electrons. The number of nitrogens with one attached hydrogen (secondary N) is 3. The lowest BCUT2D eigenvalue weighted by Gasteiger charge is -2.08. The summed E-state index contributed by atoms with van der Waals surface area (Å²) in [6, 6.07) is 0. The minimum Gasteiger partial charge on any atom is -0.364 e. The molecule has 0 spiro atoms. The Morgan fingerprint density at radius 1 is 1.47 bits per heavy atom. The van der Waals surface area contributed by atoms with Crippen LogP contribution >= 0.6 is 12.2 Å². The summed E-state index contributed by atoms with van der Waals surface area (Å²) in [5.41, 5.74) is 5.41. The Kier molecular flexibility index (Phi) is 6.82. The van der Waals surface area contributed by atoms with Gasteiger partial charge >= 0.3 is 0 Å². The summed E-state index contributed by atoms with van der Waals surface area (Å²) in [5, 5.41) is 3.00. The van der Waals surface area contributed by atoms with Crippen LogP contribution in [0.5, 0.6) is 0 Å². The Morgan fingerprint density at radius 3 is 2.60 bits per heavy atom. The van der Waals surface area contributed by atoms with Gasteiger partial charge in [0.15, 0.2) is 5.11 Å². The number of carbonyl (C=O) groups is 1. The second kappa shape index (κ2) is 7.69. The number of hydrogen-bond acceptors (Lipinski definition) is 3. The Hall–Kier alpha value is -1.69. The molecule has 0 aromatic rings. The number of amides is 1. The van der Waals surface area contributed by atoms with Crippen molar-refractivity contribution in [3.8, 4) is 0 Å². The Bertz CT molecular complexity index is 309. The molecule has 15 heavy (non-hydrogen) atoms. The zero-order valence-corrected chi connectivity index (χ0v) is 9.52. The summed E-state index contributed by atoms with van der Waals surface area (Å²) in [6.45, 7) is 5.02. The van der Waals surface area contributed by atoms with Gasteiger partial charge in [0.1, 0.15) is 0 Å². The van der Waals surface area contributed by atoms with Crippen molar-refractivity contribution < 1.29 is 4.79 Å². The number of hydrazine groups is 1. The summed E-state index contributed by atoms with van der Waals surface area (Å²) >= 11 is 4.78. The third-order valence-corrected chi connectivity index (χ3v) is 1.76. The van der Waals surface area contributed by atoms with Crippen LogP contribution in [0.2, 0.25) is 0 Å². The lowest BCUT2D eigenvalue weighted by atomic mass is 10.2. The van der Waals surface area contributed by atoms with Gasteiger partial charge in [-0.15, -0.1) is 0 Å². The van der Waals surface area contributed by atoms with Gasteiger partial charge < -0.3 is 5.32 Å². The van der Waals surface area contributed by atoms with Crippen LogP contribution in [-0.4, -0.2) is 24.8 Å². The van der Waals surface area contributed by atoms with Crippen molar-refractivity contribution in [2.24, 2.45) is 4.99 Å². The molecule has 0 aliphatic heterocycles. The molecule has 0 aliphatic rings. The van der Waals surface area contributed by atoms with E-state index in [1.807, 2.05) is 0 Å². The maximum atomic E-state index is 11.5. The topological polar surface area (TPSA) is 65.5 Å². The highest BCUT2D eigenvalue weighted by Crippen LogP contribution is 1.96. The highest BCUT2D eigenvalue weighted by molar-refractivity contribution is 7.80. The SMILES string of the molecule is C=N/C=C\C(=C/C)C(=O)NNC(=S)NC. The van der Waals surface area contributed by atoms with Crippen molar-refractivity contribution in [3.63, 3.8) is 0 Å². The Balaban J connectivity index is 4.24. The number of aliphatic imine (C=N–C) groups is 1. The average Bonchev–Trinajstić information content (AvgIpc) is 2.26. The van der Waals surface area contributed by atoms with Crippen LogP contribution in [0.25, 0.3) is 0 Å². The molecule has 0 bridgehead atoms. The third kappa shape index (κ3) is 5.58. The second-order valence-electron chi connectivity index (χ2n) is 2.40. The molecule has 0 aromatic carbocycles. The molecule has 0 fully saturated rings. The molecule has 0 aromatic heterocycles. The molecule has 0 saturated heterocycles. The smallest absolute Gasteiger partial charge is 0.269 e. The molecular weight excluding hydrogens is 212 g/mol. The van der Waals surface area contributed by atoms with E-state index in [4.69, 9.17) is 12.2 Å². The lowest BCUT2D eigenvalue weighted by molar-refractivity contribution is -0.117. The van der Waals surface area contributed by atoms with Crippen molar-refractivity contribution in [2.45, 2.75) is 6.92 Å². The largest absolute Gasteiger partial charge is 0.364 e. The van der Waals surface area contributed by atoms with Gasteiger partial charge in [0.2, 0.25) is 0 Å². The Labute approximate surface area is 94.3 Å². The number of nitrogens with zero attached hydrogens (tertiary/aromatic N) is 1. The van der Waals surface area contributed by atoms with E-state index in [2.05, 4.69) is 27.9 Å². The quantitative estimate of drug-likeness (QED) is 0.212. The van der Waals surface area contributed by atoms with Gasteiger partial charge in [-0.3, -0.25) is 20.6 Å². The molecule has 1 amide bonds. The molecule has 5 nitrogen and oxygen atoms in total. The van der Waals surface area contributed by atoms with Crippen LogP contribution in [-0.2, 0) is 4.79 Å². The van der Waals surface area contributed by atoms with Crippen molar-refractivity contribution in [1.82, 2.24) is 16.2 Å². The predicted molar refractivity (Wildman–Crippen MR) is 65.4 cm³/mol. The van der Waals surface area contributed by atoms with E-state index in [9.17, 15) is 4.79 Å². The van der Waals surface area contributed by atoms with Gasteiger partial charge in [0, 0.05) is 18.8 Å². The van der Waals surface area contributed by atoms with Gasteiger partial charge in [0.05, 0.1) is 0 Å². The lowest BCUT2D eigenvalue weighted by Crippen LogP contribution is -2.45. The average molecular weight is 226 g/mol. The number of rotatable bonds is 3. The van der Waals surface area contributed by atoms with Gasteiger partial charge in [0.25, 0.3) is 5.91 Å². The standard InChI is InChI=1S/C9H14N4OS/c1-4-7(5-6-10-2)8(14)12-13-9(15)11-3/h4-6H,2H2,1,3H3,(H,12,14)(H2,11,13,15)/b6-5-,7-4+. The third-order valence-electron chi connectivity index (χ3n) is 1.45. The van der Waals surface area contributed by atoms with Gasteiger partial charge in [-0.1, -0.05) is 6.08 Å². The van der Waals surface area contributed by atoms with E-state index in [0.717, 1.165) is 0 Å². The second-order valence-corrected chi connectivity index (χ2v) is 2.81. The minimum atomic E-state index is -0.296. The first-order valence-corrected chi connectivity index (χ1v) is 4.63. The fourth-order valence-electron chi connectivity index (χ4n) is 0.684. The maximum Gasteiger partial charge on any atom is 0.269 e. The van der Waals surface area contributed by atoms with Crippen LogP contribution in [0.15, 0.2) is 28.9 Å². The van der Waals surface area contributed by atoms with Gasteiger partial charge in [-0.05, 0) is 31.9 Å². The van der Waals surface area contributed by atoms with Crippen LogP contribution in [0.3, 0.4) is 0 Å². The van der Waals surface area contributed by atoms with E-state index in [0.29, 0.717) is 10.7 Å². The first kappa shape index (κ1) is 13.3. The fraction of sp³-hybridized carbons (Fsp3) is 0.222. The fourth-order valence-corrected chi connectivity index (χ4v) is 0.735. The van der Waals surface area contributed by atoms with Crippen molar-refractivity contribution in [1.29, 1.82) is 0 Å². The number of thiocarbonyl (C=S) groups is 1. The molecule has 0 rings (SSSR count). The van der Waals surface area contributed by atoms with Gasteiger partial charge in [-0.25, -0.2) is 0 Å². The van der Waals surface area contributed by atoms with Crippen LogP contribution in [0, 0.1) is 0 Å². The minimum absolute atomic E-state index is 0.296. The molecule has 3 N–H and O–H groups in total. The highest BCUT2D eigenvalue weighted by Gasteiger charge is 2.04. The van der Waals surface area contributed by atoms with E-state index in [1.165, 1.54) is 6.20 Å². The van der Waals surface area contributed by atoms with Crippen molar-refractivity contribution in [2.75, 3.05) is 7.05 Å². The summed E-state index contributed by atoms with van der Waals surface area (Å²) in [6.07, 6.45) is 4.64. The highest BCUT2D eigenvalue weighted by atomic mass is 32.1. The number of carbonyl (C=O) groups excluding carboxylic acids is 1. The molecule has 0 saturated carbocycles. The predicted octanol–water partition coefficient (Wildman–Crippen LogP) is 0.272. The van der Waals surface area contributed by atoms with Crippen LogP contribution in [0.1, 0.15) is 6.92 Å². The zero-order chi connectivity index (χ0) is 11.7. The van der Waals surface area contributed by atoms with Crippen molar-refractivity contribution in [3.05, 3.63) is 23.9 Å². The summed E-state index contributed by atoms with van der Waals surface area (Å²) in [4.78, 5) is 15.0. The monoisotopic (exact) mass is 226 g/mol. The van der Waals surface area contributed by atoms with Crippen LogP contribution < -0.4 is 16.2 Å². The van der Waals surface area contributed by atoms with E-state index in [-0.39, 0.29) is 5.91 Å². The van der Waals surface area contributed by atoms with E-state index >= 15 is 0 Å². The van der Waals surface area contributed by atoms with Crippen molar-refractivity contribution >= 4 is 30.0 Å². The van der Waals surface area contributed by atoms with Crippen LogP contribution in [0.4, 0.5) is 0 Å². The molecule has 0 aliphatic carbocycles. The molecule has 0 heterocycles. The summed E-state index contributed by atoms with van der Waals surface area (Å²) in [5.74, 6) is -0.296. The molecule has 0 unspecified atom stereocenters. The van der Waals surface area contributed by atoms with E-state index < -0.39 is 0 Å². The molecule has 6 heteroatoms. The summed E-state index contributed by atoms with van der Waals surface area (Å²) < 4.78 is 0. The Morgan fingerprint density at radius 2 is 2.13 bits per heavy atom. The molecule has 0 atom stereocenters. The zero-order valence-electron chi connectivity index (χ0n) is 8.70. The maximum absolute atomic E-state index is 11.5. The van der Waals surface area contributed by atoms with E-state index in [1.54, 1.807) is 26.1 Å². The summed E-state index contributed by atoms with van der Waals surface area (Å²) in [7, 11) is 1.65. The first-order valence-electron chi connectivity index (χ1n) is 4.22. The number of allylic oxidation sites excluding steroid dienone is 1. The molecule has 0 radical (unpaired) electrons. The van der Waals surface area contributed by atoms with Gasteiger partial charge in [-0.2, -0.15) is 0 Å². The number of hydrogen-bond donors (Lipinski definition) is 3. The molecular formula is C9H14N4OS. The first-order chi connectivity index (χ1) is 7.15.